The Morgan fingerprint density at radius 2 is 1.74 bits per heavy atom. The molecule has 0 aromatic heterocycles. The largest absolute Gasteiger partial charge is 0.489 e. The number of ether oxygens (including phenoxy) is 1. The maximum atomic E-state index is 11.6. The highest BCUT2D eigenvalue weighted by molar-refractivity contribution is 5.93. The lowest BCUT2D eigenvalue weighted by molar-refractivity contribution is 0.0706. The number of hydrogen-bond acceptors (Lipinski definition) is 5. The molecule has 0 fully saturated rings. The normalized spacial score (nSPS) is 12.2. The molecule has 6 heteroatoms. The fourth-order valence-electron chi connectivity index (χ4n) is 4.14. The van der Waals surface area contributed by atoms with Crippen molar-refractivity contribution in [3.63, 3.8) is 0 Å². The van der Waals surface area contributed by atoms with Crippen LogP contribution in [0.15, 0.2) is 72.3 Å². The van der Waals surface area contributed by atoms with Gasteiger partial charge in [-0.2, -0.15) is 0 Å². The first-order chi connectivity index (χ1) is 16.3. The minimum Gasteiger partial charge on any atom is -0.489 e. The molecule has 3 rings (SSSR count). The number of hydroxylamine groups is 1. The highest BCUT2D eigenvalue weighted by Crippen LogP contribution is 2.25. The minimum atomic E-state index is -0.528. The molecule has 0 radical (unpaired) electrons. The van der Waals surface area contributed by atoms with Gasteiger partial charge in [-0.05, 0) is 54.2 Å². The number of carbonyl (C=O) groups excluding carboxylic acids is 1. The highest BCUT2D eigenvalue weighted by Gasteiger charge is 2.18. The van der Waals surface area contributed by atoms with Crippen LogP contribution in [0.5, 0.6) is 5.75 Å². The second-order valence-electron chi connectivity index (χ2n) is 9.64. The molecule has 34 heavy (non-hydrogen) atoms. The first-order valence-corrected chi connectivity index (χ1v) is 11.5. The Balaban J connectivity index is 1.76. The van der Waals surface area contributed by atoms with Crippen molar-refractivity contribution in [1.29, 1.82) is 0 Å². The lowest BCUT2D eigenvalue weighted by Crippen LogP contribution is -2.38. The number of benzene rings is 3. The molecular formula is C28H35N3O3. The molecule has 6 nitrogen and oxygen atoms in total. The number of carbonyl (C=O) groups is 1. The molecule has 0 spiro atoms. The van der Waals surface area contributed by atoms with Crippen LogP contribution in [0.3, 0.4) is 0 Å². The van der Waals surface area contributed by atoms with Gasteiger partial charge >= 0.3 is 0 Å². The molecule has 0 atom stereocenters. The first kappa shape index (κ1) is 25.4. The minimum absolute atomic E-state index is 0.129. The van der Waals surface area contributed by atoms with Crippen LogP contribution in [0.25, 0.3) is 16.8 Å². The summed E-state index contributed by atoms with van der Waals surface area (Å²) in [5.74, 6) is 0.326. The van der Waals surface area contributed by atoms with Crippen molar-refractivity contribution in [2.45, 2.75) is 13.8 Å². The predicted molar refractivity (Wildman–Crippen MR) is 138 cm³/mol. The average Bonchev–Trinajstić information content (AvgIpc) is 2.81. The zero-order valence-corrected chi connectivity index (χ0v) is 20.5. The molecule has 3 aromatic rings. The molecule has 0 saturated carbocycles. The van der Waals surface area contributed by atoms with Crippen LogP contribution in [-0.4, -0.2) is 56.4 Å². The van der Waals surface area contributed by atoms with Crippen LogP contribution < -0.4 is 15.5 Å². The van der Waals surface area contributed by atoms with E-state index in [0.717, 1.165) is 40.7 Å². The van der Waals surface area contributed by atoms with Gasteiger partial charge in [0.05, 0.1) is 0 Å². The standard InChI is InChI=1S/C28H35N3O3/c1-28(2,20-31(3)4)19-29-17-22(16-21-12-14-24(15-13-21)27(32)30-33)18-34-26-11-7-9-23-8-5-6-10-25(23)26/h5-16,29,33H,17-20H2,1-4H3,(H,30,32)/b22-16-. The van der Waals surface area contributed by atoms with Gasteiger partial charge < -0.3 is 15.0 Å². The third-order valence-corrected chi connectivity index (χ3v) is 5.51. The molecule has 0 saturated heterocycles. The zero-order chi connectivity index (χ0) is 24.6. The summed E-state index contributed by atoms with van der Waals surface area (Å²) >= 11 is 0. The van der Waals surface area contributed by atoms with Gasteiger partial charge in [0.15, 0.2) is 0 Å². The van der Waals surface area contributed by atoms with E-state index in [1.165, 1.54) is 0 Å². The van der Waals surface area contributed by atoms with Crippen molar-refractivity contribution in [2.75, 3.05) is 40.3 Å². The Hall–Kier alpha value is -3.19. The van der Waals surface area contributed by atoms with Gasteiger partial charge in [-0.25, -0.2) is 5.48 Å². The van der Waals surface area contributed by atoms with E-state index in [1.807, 2.05) is 36.4 Å². The van der Waals surface area contributed by atoms with Crippen molar-refractivity contribution in [2.24, 2.45) is 5.41 Å². The maximum absolute atomic E-state index is 11.6. The van der Waals surface area contributed by atoms with Crippen molar-refractivity contribution < 1.29 is 14.7 Å². The van der Waals surface area contributed by atoms with Gasteiger partial charge in [0.2, 0.25) is 0 Å². The third kappa shape index (κ3) is 7.42. The van der Waals surface area contributed by atoms with Gasteiger partial charge in [-0.3, -0.25) is 10.0 Å². The summed E-state index contributed by atoms with van der Waals surface area (Å²) in [6.07, 6.45) is 2.08. The highest BCUT2D eigenvalue weighted by atomic mass is 16.5. The second kappa shape index (κ2) is 11.8. The molecule has 0 unspecified atom stereocenters. The fourth-order valence-corrected chi connectivity index (χ4v) is 4.14. The fraction of sp³-hybridized carbons (Fsp3) is 0.321. The van der Waals surface area contributed by atoms with E-state index >= 15 is 0 Å². The summed E-state index contributed by atoms with van der Waals surface area (Å²) in [5, 5.41) is 14.7. The van der Waals surface area contributed by atoms with Crippen LogP contribution >= 0.6 is 0 Å². The van der Waals surface area contributed by atoms with Crippen molar-refractivity contribution in [3.05, 3.63) is 83.4 Å². The van der Waals surface area contributed by atoms with Crippen LogP contribution in [0.4, 0.5) is 0 Å². The zero-order valence-electron chi connectivity index (χ0n) is 20.5. The summed E-state index contributed by atoms with van der Waals surface area (Å²) in [4.78, 5) is 13.8. The van der Waals surface area contributed by atoms with Crippen LogP contribution in [0, 0.1) is 5.41 Å². The molecule has 1 amide bonds. The summed E-state index contributed by atoms with van der Waals surface area (Å²) in [5.41, 5.74) is 4.24. The van der Waals surface area contributed by atoms with Gasteiger partial charge in [-0.1, -0.05) is 68.5 Å². The number of rotatable bonds is 11. The lowest BCUT2D eigenvalue weighted by Gasteiger charge is -2.28. The summed E-state index contributed by atoms with van der Waals surface area (Å²) in [6, 6.07) is 21.4. The van der Waals surface area contributed by atoms with Crippen molar-refractivity contribution in [1.82, 2.24) is 15.7 Å². The second-order valence-corrected chi connectivity index (χ2v) is 9.64. The lowest BCUT2D eigenvalue weighted by atomic mass is 9.93. The monoisotopic (exact) mass is 461 g/mol. The van der Waals surface area contributed by atoms with Crippen LogP contribution in [0.2, 0.25) is 0 Å². The smallest absolute Gasteiger partial charge is 0.274 e. The molecule has 180 valence electrons. The number of hydrogen-bond donors (Lipinski definition) is 3. The molecular weight excluding hydrogens is 426 g/mol. The Kier molecular flexibility index (Phi) is 8.82. The number of fused-ring (bicyclic) bond motifs is 1. The van der Waals surface area contributed by atoms with E-state index < -0.39 is 5.91 Å². The van der Waals surface area contributed by atoms with Crippen LogP contribution in [-0.2, 0) is 0 Å². The summed E-state index contributed by atoms with van der Waals surface area (Å²) in [6.45, 7) is 7.47. The van der Waals surface area contributed by atoms with Crippen LogP contribution in [0.1, 0.15) is 29.8 Å². The molecule has 0 aliphatic carbocycles. The van der Waals surface area contributed by atoms with Gasteiger partial charge in [0.1, 0.15) is 12.4 Å². The van der Waals surface area contributed by atoms with Gasteiger partial charge in [-0.15, -0.1) is 0 Å². The Labute approximate surface area is 202 Å². The van der Waals surface area contributed by atoms with Gasteiger partial charge in [0, 0.05) is 30.6 Å². The molecule has 3 N–H and O–H groups in total. The number of nitrogens with zero attached hydrogens (tertiary/aromatic N) is 1. The average molecular weight is 462 g/mol. The quantitative estimate of drug-likeness (QED) is 0.288. The number of amides is 1. The van der Waals surface area contributed by atoms with Crippen molar-refractivity contribution in [3.8, 4) is 5.75 Å². The molecule has 0 aliphatic heterocycles. The molecule has 0 aliphatic rings. The van der Waals surface area contributed by atoms with Crippen molar-refractivity contribution >= 4 is 22.8 Å². The van der Waals surface area contributed by atoms with E-state index in [9.17, 15) is 4.79 Å². The predicted octanol–water partition coefficient (Wildman–Crippen LogP) is 4.60. The SMILES string of the molecule is CN(C)CC(C)(C)CNC/C(=C/c1ccc(C(=O)NO)cc1)COc1cccc2ccccc12. The molecule has 3 aromatic carbocycles. The topological polar surface area (TPSA) is 73.8 Å². The summed E-state index contributed by atoms with van der Waals surface area (Å²) in [7, 11) is 4.18. The van der Waals surface area contributed by atoms with Gasteiger partial charge in [0.25, 0.3) is 5.91 Å². The Bertz CT molecular complexity index is 1120. The summed E-state index contributed by atoms with van der Waals surface area (Å²) < 4.78 is 6.27. The Morgan fingerprint density at radius 1 is 1.03 bits per heavy atom. The molecule has 0 heterocycles. The van der Waals surface area contributed by atoms with E-state index in [-0.39, 0.29) is 5.41 Å². The van der Waals surface area contributed by atoms with E-state index in [0.29, 0.717) is 18.7 Å². The van der Waals surface area contributed by atoms with E-state index in [1.54, 1.807) is 17.6 Å². The molecule has 0 bridgehead atoms. The maximum Gasteiger partial charge on any atom is 0.274 e. The Morgan fingerprint density at radius 3 is 2.44 bits per heavy atom. The number of nitrogens with one attached hydrogen (secondary N) is 2. The first-order valence-electron chi connectivity index (χ1n) is 11.5. The van der Waals surface area contributed by atoms with E-state index in [2.05, 4.69) is 62.4 Å². The third-order valence-electron chi connectivity index (χ3n) is 5.51. The van der Waals surface area contributed by atoms with E-state index in [4.69, 9.17) is 9.94 Å².